The van der Waals surface area contributed by atoms with Crippen LogP contribution in [0.3, 0.4) is 0 Å². The molecule has 0 aliphatic heterocycles. The summed E-state index contributed by atoms with van der Waals surface area (Å²) < 4.78 is 0. The van der Waals surface area contributed by atoms with Crippen LogP contribution in [0.5, 0.6) is 0 Å². The van der Waals surface area contributed by atoms with E-state index in [2.05, 4.69) is 17.2 Å². The number of fused-ring (bicyclic) bond motifs is 1. The van der Waals surface area contributed by atoms with Crippen LogP contribution in [0.15, 0.2) is 30.6 Å². The van der Waals surface area contributed by atoms with E-state index in [1.165, 1.54) is 19.3 Å². The highest BCUT2D eigenvalue weighted by Gasteiger charge is 2.31. The third kappa shape index (κ3) is 2.19. The van der Waals surface area contributed by atoms with Crippen molar-refractivity contribution < 1.29 is 4.92 Å². The van der Waals surface area contributed by atoms with Crippen molar-refractivity contribution in [2.75, 3.05) is 11.9 Å². The van der Waals surface area contributed by atoms with Gasteiger partial charge in [-0.15, -0.1) is 0 Å². The Morgan fingerprint density at radius 2 is 2.15 bits per heavy atom. The number of anilines is 1. The molecule has 5 nitrogen and oxygen atoms in total. The first-order valence-electron chi connectivity index (χ1n) is 6.84. The predicted molar refractivity (Wildman–Crippen MR) is 78.8 cm³/mol. The average molecular weight is 271 g/mol. The van der Waals surface area contributed by atoms with Crippen LogP contribution in [-0.4, -0.2) is 16.5 Å². The van der Waals surface area contributed by atoms with Crippen LogP contribution in [-0.2, 0) is 0 Å². The van der Waals surface area contributed by atoms with Gasteiger partial charge in [-0.3, -0.25) is 15.1 Å². The maximum atomic E-state index is 11.1. The summed E-state index contributed by atoms with van der Waals surface area (Å²) in [6.45, 7) is 3.18. The van der Waals surface area contributed by atoms with E-state index in [1.807, 2.05) is 6.07 Å². The molecule has 0 spiro atoms. The van der Waals surface area contributed by atoms with Crippen molar-refractivity contribution >= 4 is 22.1 Å². The summed E-state index contributed by atoms with van der Waals surface area (Å²) in [7, 11) is 0. The lowest BCUT2D eigenvalue weighted by Crippen LogP contribution is -2.33. The van der Waals surface area contributed by atoms with E-state index in [-0.39, 0.29) is 10.6 Å². The number of pyridine rings is 1. The molecule has 104 valence electrons. The van der Waals surface area contributed by atoms with Crippen LogP contribution in [0.4, 0.5) is 11.4 Å². The van der Waals surface area contributed by atoms with E-state index in [0.29, 0.717) is 10.8 Å². The minimum atomic E-state index is -0.360. The molecule has 1 aromatic carbocycles. The SMILES string of the molecule is CC1(CNc2ccc([N+](=O)[O-])c3cnccc23)CCC1. The van der Waals surface area contributed by atoms with Crippen molar-refractivity contribution in [1.82, 2.24) is 4.98 Å². The largest absolute Gasteiger partial charge is 0.384 e. The summed E-state index contributed by atoms with van der Waals surface area (Å²) in [5.41, 5.74) is 1.41. The van der Waals surface area contributed by atoms with E-state index >= 15 is 0 Å². The molecule has 1 saturated carbocycles. The number of nitrogens with zero attached hydrogens (tertiary/aromatic N) is 2. The first-order chi connectivity index (χ1) is 9.59. The second kappa shape index (κ2) is 4.74. The number of non-ortho nitro benzene ring substituents is 1. The van der Waals surface area contributed by atoms with Crippen LogP contribution in [0, 0.1) is 15.5 Å². The molecule has 0 saturated heterocycles. The highest BCUT2D eigenvalue weighted by Crippen LogP contribution is 2.41. The third-order valence-electron chi connectivity index (χ3n) is 4.26. The minimum absolute atomic E-state index is 0.105. The highest BCUT2D eigenvalue weighted by molar-refractivity contribution is 5.99. The van der Waals surface area contributed by atoms with Gasteiger partial charge in [-0.25, -0.2) is 0 Å². The van der Waals surface area contributed by atoms with E-state index in [4.69, 9.17) is 0 Å². The normalized spacial score (nSPS) is 16.6. The monoisotopic (exact) mass is 271 g/mol. The van der Waals surface area contributed by atoms with Crippen LogP contribution >= 0.6 is 0 Å². The third-order valence-corrected chi connectivity index (χ3v) is 4.26. The quantitative estimate of drug-likeness (QED) is 0.679. The van der Waals surface area contributed by atoms with Crippen molar-refractivity contribution in [1.29, 1.82) is 0 Å². The molecule has 3 rings (SSSR count). The fourth-order valence-electron chi connectivity index (χ4n) is 2.75. The average Bonchev–Trinajstić information content (AvgIpc) is 2.42. The molecular weight excluding hydrogens is 254 g/mol. The lowest BCUT2D eigenvalue weighted by Gasteiger charge is -2.38. The van der Waals surface area contributed by atoms with E-state index < -0.39 is 0 Å². The van der Waals surface area contributed by atoms with Gasteiger partial charge >= 0.3 is 0 Å². The maximum absolute atomic E-state index is 11.1. The van der Waals surface area contributed by atoms with Crippen molar-refractivity contribution in [2.24, 2.45) is 5.41 Å². The molecule has 20 heavy (non-hydrogen) atoms. The zero-order chi connectivity index (χ0) is 14.2. The van der Waals surface area contributed by atoms with Crippen LogP contribution in [0.1, 0.15) is 26.2 Å². The summed E-state index contributed by atoms with van der Waals surface area (Å²) in [4.78, 5) is 14.7. The maximum Gasteiger partial charge on any atom is 0.278 e. The molecule has 1 aromatic heterocycles. The van der Waals surface area contributed by atoms with Crippen molar-refractivity contribution in [3.05, 3.63) is 40.7 Å². The van der Waals surface area contributed by atoms with Gasteiger partial charge in [-0.1, -0.05) is 13.3 Å². The fourth-order valence-corrected chi connectivity index (χ4v) is 2.75. The molecular formula is C15H17N3O2. The second-order valence-electron chi connectivity index (χ2n) is 5.83. The molecule has 0 unspecified atom stereocenters. The molecule has 0 radical (unpaired) electrons. The summed E-state index contributed by atoms with van der Waals surface area (Å²) in [5, 5.41) is 15.9. The Morgan fingerprint density at radius 1 is 1.35 bits per heavy atom. The molecule has 0 amide bonds. The van der Waals surface area contributed by atoms with Gasteiger partial charge in [0.25, 0.3) is 5.69 Å². The molecule has 5 heteroatoms. The number of nitro groups is 1. The van der Waals surface area contributed by atoms with E-state index in [0.717, 1.165) is 17.6 Å². The number of benzene rings is 1. The molecule has 0 bridgehead atoms. The smallest absolute Gasteiger partial charge is 0.278 e. The summed E-state index contributed by atoms with van der Waals surface area (Å²) in [6.07, 6.45) is 7.01. The lowest BCUT2D eigenvalue weighted by molar-refractivity contribution is -0.383. The molecule has 1 aliphatic rings. The molecule has 0 atom stereocenters. The minimum Gasteiger partial charge on any atom is -0.384 e. The Balaban J connectivity index is 1.95. The standard InChI is InChI=1S/C15H17N3O2/c1-15(6-2-7-15)10-17-13-3-4-14(18(19)20)12-9-16-8-5-11(12)13/h3-5,8-9,17H,2,6-7,10H2,1H3. The van der Waals surface area contributed by atoms with E-state index in [1.54, 1.807) is 24.5 Å². The van der Waals surface area contributed by atoms with Crippen LogP contribution in [0.25, 0.3) is 10.8 Å². The number of nitro benzene ring substituents is 1. The van der Waals surface area contributed by atoms with Gasteiger partial charge < -0.3 is 5.32 Å². The highest BCUT2D eigenvalue weighted by atomic mass is 16.6. The number of nitrogens with one attached hydrogen (secondary N) is 1. The van der Waals surface area contributed by atoms with Gasteiger partial charge in [-0.2, -0.15) is 0 Å². The predicted octanol–water partition coefficient (Wildman–Crippen LogP) is 3.75. The zero-order valence-electron chi connectivity index (χ0n) is 11.4. The van der Waals surface area contributed by atoms with Gasteiger partial charge in [0.2, 0.25) is 0 Å². The van der Waals surface area contributed by atoms with E-state index in [9.17, 15) is 10.1 Å². The number of aromatic nitrogens is 1. The van der Waals surface area contributed by atoms with Gasteiger partial charge in [0.1, 0.15) is 0 Å². The molecule has 1 aliphatic carbocycles. The lowest BCUT2D eigenvalue weighted by atomic mass is 9.70. The second-order valence-corrected chi connectivity index (χ2v) is 5.83. The Labute approximate surface area is 117 Å². The fraction of sp³-hybridized carbons (Fsp3) is 0.400. The van der Waals surface area contributed by atoms with Crippen molar-refractivity contribution in [3.63, 3.8) is 0 Å². The molecule has 1 fully saturated rings. The summed E-state index contributed by atoms with van der Waals surface area (Å²) >= 11 is 0. The Morgan fingerprint density at radius 3 is 2.80 bits per heavy atom. The van der Waals surface area contributed by atoms with Gasteiger partial charge in [0.15, 0.2) is 0 Å². The number of rotatable bonds is 4. The zero-order valence-corrected chi connectivity index (χ0v) is 11.4. The molecule has 1 heterocycles. The first kappa shape index (κ1) is 12.8. The summed E-state index contributed by atoms with van der Waals surface area (Å²) in [6, 6.07) is 5.17. The van der Waals surface area contributed by atoms with Crippen LogP contribution in [0.2, 0.25) is 0 Å². The number of hydrogen-bond donors (Lipinski definition) is 1. The first-order valence-corrected chi connectivity index (χ1v) is 6.84. The molecule has 2 aromatic rings. The van der Waals surface area contributed by atoms with Crippen molar-refractivity contribution in [3.8, 4) is 0 Å². The van der Waals surface area contributed by atoms with Crippen molar-refractivity contribution in [2.45, 2.75) is 26.2 Å². The van der Waals surface area contributed by atoms with Gasteiger partial charge in [0.05, 0.1) is 10.3 Å². The van der Waals surface area contributed by atoms with Gasteiger partial charge in [-0.05, 0) is 30.4 Å². The Bertz CT molecular complexity index is 665. The molecule has 1 N–H and O–H groups in total. The topological polar surface area (TPSA) is 68.1 Å². The van der Waals surface area contributed by atoms with Gasteiger partial charge in [0, 0.05) is 36.1 Å². The number of hydrogen-bond acceptors (Lipinski definition) is 4. The summed E-state index contributed by atoms with van der Waals surface area (Å²) in [5.74, 6) is 0. The van der Waals surface area contributed by atoms with Crippen LogP contribution < -0.4 is 5.32 Å². The Kier molecular flexibility index (Phi) is 3.04. The Hall–Kier alpha value is -2.17.